The van der Waals surface area contributed by atoms with Crippen LogP contribution in [0.3, 0.4) is 0 Å². The number of rotatable bonds is 4. The van der Waals surface area contributed by atoms with Crippen LogP contribution < -0.4 is 10.9 Å². The van der Waals surface area contributed by atoms with Crippen LogP contribution in [-0.2, 0) is 4.79 Å². The van der Waals surface area contributed by atoms with Crippen LogP contribution in [-0.4, -0.2) is 36.2 Å². The molecule has 0 aliphatic heterocycles. The quantitative estimate of drug-likeness (QED) is 0.833. The van der Waals surface area contributed by atoms with Crippen LogP contribution in [0.2, 0.25) is 0 Å². The van der Waals surface area contributed by atoms with E-state index in [2.05, 4.69) is 10.9 Å². The van der Waals surface area contributed by atoms with Crippen LogP contribution in [0.15, 0.2) is 29.6 Å². The molecule has 2 heterocycles. The number of thiophene rings is 2. The molecule has 0 atom stereocenters. The van der Waals surface area contributed by atoms with E-state index in [0.29, 0.717) is 9.75 Å². The number of nitrogens with zero attached hydrogens (tertiary/aromatic N) is 1. The number of hydrogen-bond donors (Lipinski definition) is 2. The van der Waals surface area contributed by atoms with Gasteiger partial charge in [0.2, 0.25) is 0 Å². The summed E-state index contributed by atoms with van der Waals surface area (Å²) in [5.41, 5.74) is 4.63. The summed E-state index contributed by atoms with van der Waals surface area (Å²) < 4.78 is 0. The van der Waals surface area contributed by atoms with E-state index in [1.165, 1.54) is 34.6 Å². The summed E-state index contributed by atoms with van der Waals surface area (Å²) in [6.07, 6.45) is 0. The lowest BCUT2D eigenvalue weighted by Crippen LogP contribution is -2.46. The molecule has 0 aliphatic carbocycles. The Bertz CT molecular complexity index is 679. The van der Waals surface area contributed by atoms with Gasteiger partial charge in [-0.25, -0.2) is 0 Å². The van der Waals surface area contributed by atoms with Crippen LogP contribution in [0.1, 0.15) is 24.2 Å². The zero-order valence-corrected chi connectivity index (χ0v) is 13.7. The summed E-state index contributed by atoms with van der Waals surface area (Å²) in [6.45, 7) is 1.76. The topological polar surface area (TPSA) is 78.5 Å². The molecule has 3 amide bonds. The van der Waals surface area contributed by atoms with Crippen LogP contribution >= 0.6 is 22.7 Å². The molecular weight excluding hydrogens is 322 g/mol. The number of amides is 3. The molecule has 2 aromatic rings. The van der Waals surface area contributed by atoms with Gasteiger partial charge in [-0.15, -0.1) is 22.7 Å². The van der Waals surface area contributed by atoms with E-state index in [0.717, 1.165) is 4.88 Å². The third-order valence-corrected chi connectivity index (χ3v) is 4.60. The summed E-state index contributed by atoms with van der Waals surface area (Å²) in [7, 11) is 1.53. The Hall–Kier alpha value is -2.19. The van der Waals surface area contributed by atoms with E-state index in [1.54, 1.807) is 23.6 Å². The van der Waals surface area contributed by atoms with Crippen molar-refractivity contribution in [1.29, 1.82) is 0 Å². The molecule has 0 bridgehead atoms. The normalized spacial score (nSPS) is 10.1. The Morgan fingerprint density at radius 2 is 1.91 bits per heavy atom. The number of likely N-dealkylation sites (N-methyl/N-ethyl adjacent to an activating group) is 1. The maximum atomic E-state index is 12.0. The van der Waals surface area contributed by atoms with Gasteiger partial charge in [-0.3, -0.25) is 25.2 Å². The molecule has 2 aromatic heterocycles. The Balaban J connectivity index is 1.80. The molecule has 2 N–H and O–H groups in total. The summed E-state index contributed by atoms with van der Waals surface area (Å²) in [4.78, 5) is 38.9. The molecule has 22 heavy (non-hydrogen) atoms. The summed E-state index contributed by atoms with van der Waals surface area (Å²) >= 11 is 2.65. The van der Waals surface area contributed by atoms with Crippen molar-refractivity contribution in [3.63, 3.8) is 0 Å². The lowest BCUT2D eigenvalue weighted by Gasteiger charge is -2.15. The highest BCUT2D eigenvalue weighted by Crippen LogP contribution is 2.14. The Morgan fingerprint density at radius 1 is 1.14 bits per heavy atom. The number of carbonyl (C=O) groups excluding carboxylic acids is 3. The minimum absolute atomic E-state index is 0.138. The number of aryl methyl sites for hydroxylation is 1. The van der Waals surface area contributed by atoms with Crippen molar-refractivity contribution in [3.05, 3.63) is 44.3 Å². The van der Waals surface area contributed by atoms with Crippen molar-refractivity contribution in [2.75, 3.05) is 13.6 Å². The standard InChI is InChI=1S/C14H15N3O3S2/c1-9-5-6-10(22-9)13(19)16-15-12(18)8-17(2)14(20)11-4-3-7-21-11/h3-7H,8H2,1-2H3,(H,15,18)(H,16,19). The second-order valence-electron chi connectivity index (χ2n) is 4.55. The van der Waals surface area contributed by atoms with Crippen molar-refractivity contribution in [3.8, 4) is 0 Å². The first kappa shape index (κ1) is 16.2. The predicted molar refractivity (Wildman–Crippen MR) is 85.9 cm³/mol. The number of hydrogen-bond acceptors (Lipinski definition) is 5. The summed E-state index contributed by atoms with van der Waals surface area (Å²) in [5, 5.41) is 1.80. The van der Waals surface area contributed by atoms with E-state index >= 15 is 0 Å². The van der Waals surface area contributed by atoms with Crippen LogP contribution in [0, 0.1) is 6.92 Å². The molecule has 116 valence electrons. The molecule has 0 unspecified atom stereocenters. The molecule has 0 radical (unpaired) electrons. The number of carbonyl (C=O) groups is 3. The van der Waals surface area contributed by atoms with Gasteiger partial charge in [0.05, 0.1) is 9.75 Å². The zero-order valence-electron chi connectivity index (χ0n) is 12.1. The van der Waals surface area contributed by atoms with Crippen LogP contribution in [0.5, 0.6) is 0 Å². The Morgan fingerprint density at radius 3 is 2.50 bits per heavy atom. The summed E-state index contributed by atoms with van der Waals surface area (Å²) in [5.74, 6) is -1.07. The molecule has 8 heteroatoms. The Kier molecular flexibility index (Phi) is 5.29. The molecule has 0 spiro atoms. The van der Waals surface area contributed by atoms with Gasteiger partial charge in [0.1, 0.15) is 6.54 Å². The van der Waals surface area contributed by atoms with Crippen molar-refractivity contribution in [1.82, 2.24) is 15.8 Å². The second-order valence-corrected chi connectivity index (χ2v) is 6.79. The minimum Gasteiger partial charge on any atom is -0.332 e. The lowest BCUT2D eigenvalue weighted by molar-refractivity contribution is -0.122. The molecule has 6 nitrogen and oxygen atoms in total. The summed E-state index contributed by atoms with van der Waals surface area (Å²) in [6, 6.07) is 6.99. The molecule has 0 aliphatic rings. The van der Waals surface area contributed by atoms with Gasteiger partial charge < -0.3 is 4.90 Å². The third kappa shape index (κ3) is 4.15. The highest BCUT2D eigenvalue weighted by molar-refractivity contribution is 7.14. The number of nitrogens with one attached hydrogen (secondary N) is 2. The molecule has 0 fully saturated rings. The predicted octanol–water partition coefficient (Wildman–Crippen LogP) is 1.65. The smallest absolute Gasteiger partial charge is 0.279 e. The van der Waals surface area contributed by atoms with E-state index < -0.39 is 5.91 Å². The fraction of sp³-hybridized carbons (Fsp3) is 0.214. The van der Waals surface area contributed by atoms with Crippen LogP contribution in [0.25, 0.3) is 0 Å². The SMILES string of the molecule is Cc1ccc(C(=O)NNC(=O)CN(C)C(=O)c2cccs2)s1. The molecule has 0 aromatic carbocycles. The minimum atomic E-state index is -0.464. The fourth-order valence-electron chi connectivity index (χ4n) is 1.66. The lowest BCUT2D eigenvalue weighted by atomic mass is 10.4. The molecular formula is C14H15N3O3S2. The molecule has 2 rings (SSSR count). The fourth-order valence-corrected chi connectivity index (χ4v) is 3.14. The molecule has 0 saturated heterocycles. The number of hydrazine groups is 1. The van der Waals surface area contributed by atoms with Crippen molar-refractivity contribution in [2.24, 2.45) is 0 Å². The first-order valence-corrected chi connectivity index (χ1v) is 8.11. The third-order valence-electron chi connectivity index (χ3n) is 2.74. The largest absolute Gasteiger partial charge is 0.332 e. The average Bonchev–Trinajstić information content (AvgIpc) is 3.15. The first-order chi connectivity index (χ1) is 10.5. The van der Waals surface area contributed by atoms with E-state index in [4.69, 9.17) is 0 Å². The maximum absolute atomic E-state index is 12.0. The van der Waals surface area contributed by atoms with Gasteiger partial charge in [0, 0.05) is 11.9 Å². The van der Waals surface area contributed by atoms with Gasteiger partial charge in [0.25, 0.3) is 17.7 Å². The van der Waals surface area contributed by atoms with Gasteiger partial charge in [-0.2, -0.15) is 0 Å². The van der Waals surface area contributed by atoms with E-state index in [1.807, 2.05) is 13.0 Å². The van der Waals surface area contributed by atoms with Crippen LogP contribution in [0.4, 0.5) is 0 Å². The highest BCUT2D eigenvalue weighted by atomic mass is 32.1. The Labute approximate surface area is 135 Å². The maximum Gasteiger partial charge on any atom is 0.279 e. The monoisotopic (exact) mass is 337 g/mol. The van der Waals surface area contributed by atoms with E-state index in [9.17, 15) is 14.4 Å². The van der Waals surface area contributed by atoms with Crippen molar-refractivity contribution in [2.45, 2.75) is 6.92 Å². The average molecular weight is 337 g/mol. The van der Waals surface area contributed by atoms with E-state index in [-0.39, 0.29) is 18.4 Å². The molecule has 0 saturated carbocycles. The van der Waals surface area contributed by atoms with Gasteiger partial charge in [-0.1, -0.05) is 6.07 Å². The van der Waals surface area contributed by atoms with Crippen molar-refractivity contribution >= 4 is 40.4 Å². The zero-order chi connectivity index (χ0) is 16.1. The highest BCUT2D eigenvalue weighted by Gasteiger charge is 2.16. The van der Waals surface area contributed by atoms with Crippen molar-refractivity contribution < 1.29 is 14.4 Å². The van der Waals surface area contributed by atoms with Gasteiger partial charge in [0.15, 0.2) is 0 Å². The van der Waals surface area contributed by atoms with Gasteiger partial charge >= 0.3 is 0 Å². The second kappa shape index (κ2) is 7.19. The van der Waals surface area contributed by atoms with Gasteiger partial charge in [-0.05, 0) is 30.5 Å². The first-order valence-electron chi connectivity index (χ1n) is 6.42.